The van der Waals surface area contributed by atoms with Gasteiger partial charge in [0, 0.05) is 26.2 Å². The van der Waals surface area contributed by atoms with Gasteiger partial charge in [-0.05, 0) is 0 Å². The van der Waals surface area contributed by atoms with E-state index in [0.29, 0.717) is 18.2 Å². The molecule has 1 aliphatic heterocycles. The molecule has 0 saturated carbocycles. The molecule has 0 bridgehead atoms. The zero-order valence-corrected chi connectivity index (χ0v) is 8.64. The van der Waals surface area contributed by atoms with Crippen LogP contribution in [0.5, 0.6) is 5.88 Å². The minimum Gasteiger partial charge on any atom is -0.468 e. The van der Waals surface area contributed by atoms with Crippen LogP contribution in [0.3, 0.4) is 0 Å². The maximum atomic E-state index is 5.44. The number of rotatable bonds is 3. The van der Waals surface area contributed by atoms with Gasteiger partial charge in [0.25, 0.3) is 0 Å². The molecule has 5 nitrogen and oxygen atoms in total. The van der Waals surface area contributed by atoms with Crippen molar-refractivity contribution in [2.24, 2.45) is 0 Å². The van der Waals surface area contributed by atoms with Crippen LogP contribution in [-0.4, -0.2) is 22.4 Å². The highest BCUT2D eigenvalue weighted by molar-refractivity contribution is 5.04. The molecule has 0 atom stereocenters. The molecule has 0 N–H and O–H groups in total. The molecule has 2 rings (SSSR count). The summed E-state index contributed by atoms with van der Waals surface area (Å²) >= 11 is 0. The van der Waals surface area contributed by atoms with Crippen LogP contribution in [-0.2, 0) is 9.47 Å². The Morgan fingerprint density at radius 1 is 1.40 bits per heavy atom. The molecular formula is C10H12N2O3. The van der Waals surface area contributed by atoms with Crippen molar-refractivity contribution in [2.45, 2.75) is 19.6 Å². The van der Waals surface area contributed by atoms with Gasteiger partial charge in [0.1, 0.15) is 6.26 Å². The van der Waals surface area contributed by atoms with Crippen LogP contribution in [0.4, 0.5) is 0 Å². The third-order valence-electron chi connectivity index (χ3n) is 1.75. The maximum absolute atomic E-state index is 5.44. The normalized spacial score (nSPS) is 17.6. The van der Waals surface area contributed by atoms with E-state index in [9.17, 15) is 0 Å². The molecule has 15 heavy (non-hydrogen) atoms. The van der Waals surface area contributed by atoms with Crippen molar-refractivity contribution in [3.8, 4) is 5.88 Å². The van der Waals surface area contributed by atoms with Gasteiger partial charge in [-0.25, -0.2) is 4.98 Å². The van der Waals surface area contributed by atoms with E-state index in [-0.39, 0.29) is 0 Å². The van der Waals surface area contributed by atoms with E-state index < -0.39 is 5.79 Å². The molecule has 1 aromatic heterocycles. The van der Waals surface area contributed by atoms with Crippen molar-refractivity contribution >= 4 is 0 Å². The van der Waals surface area contributed by atoms with Gasteiger partial charge < -0.3 is 14.2 Å². The van der Waals surface area contributed by atoms with Crippen molar-refractivity contribution < 1.29 is 14.2 Å². The Hall–Kier alpha value is -1.78. The summed E-state index contributed by atoms with van der Waals surface area (Å²) in [6.45, 7) is 3.96. The van der Waals surface area contributed by atoms with Crippen LogP contribution in [0.25, 0.3) is 0 Å². The lowest BCUT2D eigenvalue weighted by molar-refractivity contribution is -0.119. The lowest BCUT2D eigenvalue weighted by Crippen LogP contribution is -2.21. The molecule has 0 amide bonds. The molecular weight excluding hydrogens is 196 g/mol. The van der Waals surface area contributed by atoms with E-state index in [1.54, 1.807) is 24.9 Å². The molecule has 5 heteroatoms. The minimum absolute atomic E-state index is 0.294. The van der Waals surface area contributed by atoms with E-state index in [1.165, 1.54) is 0 Å². The second kappa shape index (κ2) is 3.76. The first-order valence-electron chi connectivity index (χ1n) is 4.60. The topological polar surface area (TPSA) is 53.5 Å². The Morgan fingerprint density at radius 3 is 2.87 bits per heavy atom. The van der Waals surface area contributed by atoms with E-state index in [1.807, 2.05) is 13.8 Å². The largest absolute Gasteiger partial charge is 0.468 e. The van der Waals surface area contributed by atoms with Crippen molar-refractivity contribution in [3.05, 3.63) is 30.6 Å². The van der Waals surface area contributed by atoms with Gasteiger partial charge in [0.15, 0.2) is 12.4 Å². The lowest BCUT2D eigenvalue weighted by Gasteiger charge is -2.18. The first-order valence-corrected chi connectivity index (χ1v) is 4.60. The predicted molar refractivity (Wildman–Crippen MR) is 51.9 cm³/mol. The summed E-state index contributed by atoms with van der Waals surface area (Å²) in [5.74, 6) is 0.512. The molecule has 2 heterocycles. The van der Waals surface area contributed by atoms with Gasteiger partial charge in [-0.15, -0.1) is 0 Å². The quantitative estimate of drug-likeness (QED) is 0.753. The molecule has 0 spiro atoms. The number of nitrogens with zero attached hydrogens (tertiary/aromatic N) is 2. The zero-order chi connectivity index (χ0) is 10.7. The van der Waals surface area contributed by atoms with E-state index in [4.69, 9.17) is 14.2 Å². The molecule has 0 radical (unpaired) electrons. The van der Waals surface area contributed by atoms with Crippen LogP contribution in [0.15, 0.2) is 30.6 Å². The van der Waals surface area contributed by atoms with Gasteiger partial charge in [-0.1, -0.05) is 0 Å². The van der Waals surface area contributed by atoms with Crippen molar-refractivity contribution in [2.75, 3.05) is 6.61 Å². The third-order valence-corrected chi connectivity index (χ3v) is 1.75. The third kappa shape index (κ3) is 2.59. The summed E-state index contributed by atoms with van der Waals surface area (Å²) in [6.07, 6.45) is 6.25. The Balaban J connectivity index is 1.85. The Morgan fingerprint density at radius 2 is 2.27 bits per heavy atom. The fraction of sp³-hybridized carbons (Fsp3) is 0.400. The highest BCUT2D eigenvalue weighted by Crippen LogP contribution is 2.24. The summed E-state index contributed by atoms with van der Waals surface area (Å²) in [6, 6.07) is 0. The second-order valence-electron chi connectivity index (χ2n) is 3.54. The SMILES string of the molecule is CC1(C)OC=C(COc2cnccn2)O1. The minimum atomic E-state index is -0.596. The zero-order valence-electron chi connectivity index (χ0n) is 8.64. The molecule has 0 fully saturated rings. The highest BCUT2D eigenvalue weighted by Gasteiger charge is 2.27. The molecule has 0 saturated heterocycles. The number of hydrogen-bond acceptors (Lipinski definition) is 5. The monoisotopic (exact) mass is 208 g/mol. The smallest absolute Gasteiger partial charge is 0.244 e. The maximum Gasteiger partial charge on any atom is 0.244 e. The summed E-state index contributed by atoms with van der Waals surface area (Å²) in [5.41, 5.74) is 0. The van der Waals surface area contributed by atoms with Crippen molar-refractivity contribution in [1.82, 2.24) is 9.97 Å². The van der Waals surface area contributed by atoms with E-state index >= 15 is 0 Å². The van der Waals surface area contributed by atoms with E-state index in [0.717, 1.165) is 0 Å². The van der Waals surface area contributed by atoms with Gasteiger partial charge in [-0.2, -0.15) is 0 Å². The van der Waals surface area contributed by atoms with Crippen LogP contribution in [0.2, 0.25) is 0 Å². The molecule has 80 valence electrons. The Bertz CT molecular complexity index is 362. The standard InChI is InChI=1S/C10H12N2O3/c1-10(2)14-7-8(15-10)6-13-9-5-11-3-4-12-9/h3-5,7H,6H2,1-2H3. The summed E-state index contributed by atoms with van der Waals surface area (Å²) in [7, 11) is 0. The fourth-order valence-corrected chi connectivity index (χ4v) is 1.14. The first kappa shape index (κ1) is 9.76. The fourth-order valence-electron chi connectivity index (χ4n) is 1.14. The Kier molecular flexibility index (Phi) is 2.45. The van der Waals surface area contributed by atoms with Crippen LogP contribution in [0, 0.1) is 0 Å². The lowest BCUT2D eigenvalue weighted by atomic mass is 10.4. The number of aromatic nitrogens is 2. The van der Waals surface area contributed by atoms with Crippen LogP contribution >= 0.6 is 0 Å². The van der Waals surface area contributed by atoms with Gasteiger partial charge in [-0.3, -0.25) is 4.98 Å². The summed E-state index contributed by atoms with van der Waals surface area (Å²) < 4.78 is 16.0. The van der Waals surface area contributed by atoms with Crippen molar-refractivity contribution in [1.29, 1.82) is 0 Å². The highest BCUT2D eigenvalue weighted by atomic mass is 16.7. The van der Waals surface area contributed by atoms with E-state index in [2.05, 4.69) is 9.97 Å². The second-order valence-corrected chi connectivity index (χ2v) is 3.54. The first-order chi connectivity index (χ1) is 7.16. The predicted octanol–water partition coefficient (Wildman–Crippen LogP) is 1.48. The molecule has 0 unspecified atom stereocenters. The average molecular weight is 208 g/mol. The van der Waals surface area contributed by atoms with Crippen LogP contribution < -0.4 is 4.74 Å². The average Bonchev–Trinajstić information content (AvgIpc) is 2.57. The van der Waals surface area contributed by atoms with Crippen molar-refractivity contribution in [3.63, 3.8) is 0 Å². The molecule has 0 aromatic carbocycles. The van der Waals surface area contributed by atoms with Crippen LogP contribution in [0.1, 0.15) is 13.8 Å². The number of ether oxygens (including phenoxy) is 3. The molecule has 1 aromatic rings. The van der Waals surface area contributed by atoms with Gasteiger partial charge >= 0.3 is 0 Å². The Labute approximate surface area is 87.7 Å². The number of hydrogen-bond donors (Lipinski definition) is 0. The van der Waals surface area contributed by atoms with Gasteiger partial charge in [0.05, 0.1) is 6.20 Å². The van der Waals surface area contributed by atoms with Gasteiger partial charge in [0.2, 0.25) is 11.7 Å². The summed E-state index contributed by atoms with van der Waals surface area (Å²) in [5, 5.41) is 0. The molecule has 0 aliphatic carbocycles. The molecule has 1 aliphatic rings. The summed E-state index contributed by atoms with van der Waals surface area (Å²) in [4.78, 5) is 7.85.